The van der Waals surface area contributed by atoms with E-state index in [1.165, 1.54) is 0 Å². The number of benzene rings is 1. The molecule has 0 bridgehead atoms. The van der Waals surface area contributed by atoms with Crippen LogP contribution in [0.2, 0.25) is 0 Å². The van der Waals surface area contributed by atoms with Gasteiger partial charge < -0.3 is 10.3 Å². The molecule has 0 aliphatic heterocycles. The van der Waals surface area contributed by atoms with Crippen molar-refractivity contribution in [1.82, 2.24) is 9.55 Å². The van der Waals surface area contributed by atoms with Crippen molar-refractivity contribution >= 4 is 37.7 Å². The standard InChI is InChI=1S/C12H13Br2N3/c1-2-5-17-7-16-11(12(17)15)8-3-4-9(13)10(14)6-8/h3-4,6-7H,2,5,15H2,1H3. The van der Waals surface area contributed by atoms with E-state index < -0.39 is 0 Å². The third-order valence-corrected chi connectivity index (χ3v) is 4.42. The number of halogens is 2. The Hall–Kier alpha value is -0.810. The van der Waals surface area contributed by atoms with Gasteiger partial charge in [0.1, 0.15) is 11.5 Å². The maximum absolute atomic E-state index is 6.08. The lowest BCUT2D eigenvalue weighted by molar-refractivity contribution is 0.686. The van der Waals surface area contributed by atoms with Gasteiger partial charge in [0.2, 0.25) is 0 Å². The van der Waals surface area contributed by atoms with Crippen LogP contribution in [0.25, 0.3) is 11.3 Å². The van der Waals surface area contributed by atoms with Crippen molar-refractivity contribution < 1.29 is 0 Å². The van der Waals surface area contributed by atoms with Crippen LogP contribution < -0.4 is 5.73 Å². The van der Waals surface area contributed by atoms with E-state index in [0.29, 0.717) is 0 Å². The molecule has 0 fully saturated rings. The number of hydrogen-bond donors (Lipinski definition) is 1. The molecule has 17 heavy (non-hydrogen) atoms. The highest BCUT2D eigenvalue weighted by Gasteiger charge is 2.10. The number of hydrogen-bond acceptors (Lipinski definition) is 2. The Morgan fingerprint density at radius 3 is 2.71 bits per heavy atom. The number of imidazole rings is 1. The highest BCUT2D eigenvalue weighted by molar-refractivity contribution is 9.13. The van der Waals surface area contributed by atoms with Crippen LogP contribution in [0.4, 0.5) is 5.82 Å². The molecule has 90 valence electrons. The maximum Gasteiger partial charge on any atom is 0.131 e. The molecule has 2 rings (SSSR count). The molecule has 1 heterocycles. The van der Waals surface area contributed by atoms with Crippen LogP contribution in [-0.2, 0) is 6.54 Å². The molecule has 3 nitrogen and oxygen atoms in total. The van der Waals surface area contributed by atoms with Crippen molar-refractivity contribution in [2.45, 2.75) is 19.9 Å². The van der Waals surface area contributed by atoms with Gasteiger partial charge in [0.05, 0.1) is 6.33 Å². The fraction of sp³-hybridized carbons (Fsp3) is 0.250. The van der Waals surface area contributed by atoms with E-state index in [1.54, 1.807) is 6.33 Å². The average molecular weight is 359 g/mol. The van der Waals surface area contributed by atoms with Crippen LogP contribution >= 0.6 is 31.9 Å². The summed E-state index contributed by atoms with van der Waals surface area (Å²) in [6, 6.07) is 6.00. The zero-order valence-corrected chi connectivity index (χ0v) is 12.6. The second kappa shape index (κ2) is 5.23. The Labute approximate surface area is 117 Å². The smallest absolute Gasteiger partial charge is 0.131 e. The molecule has 0 aliphatic carbocycles. The summed E-state index contributed by atoms with van der Waals surface area (Å²) in [6.07, 6.45) is 2.84. The molecule has 0 atom stereocenters. The SMILES string of the molecule is CCCn1cnc(-c2ccc(Br)c(Br)c2)c1N. The quantitative estimate of drug-likeness (QED) is 0.898. The van der Waals surface area contributed by atoms with Crippen LogP contribution in [0.5, 0.6) is 0 Å². The zero-order valence-electron chi connectivity index (χ0n) is 9.45. The van der Waals surface area contributed by atoms with Gasteiger partial charge in [-0.1, -0.05) is 13.0 Å². The molecule has 2 aromatic rings. The van der Waals surface area contributed by atoms with Crippen LogP contribution in [0, 0.1) is 0 Å². The summed E-state index contributed by atoms with van der Waals surface area (Å²) in [5, 5.41) is 0. The minimum Gasteiger partial charge on any atom is -0.383 e. The highest BCUT2D eigenvalue weighted by atomic mass is 79.9. The predicted molar refractivity (Wildman–Crippen MR) is 77.8 cm³/mol. The summed E-state index contributed by atoms with van der Waals surface area (Å²) < 4.78 is 4.00. The van der Waals surface area contributed by atoms with E-state index in [9.17, 15) is 0 Å². The van der Waals surface area contributed by atoms with Gasteiger partial charge in [0, 0.05) is 21.1 Å². The number of anilines is 1. The van der Waals surface area contributed by atoms with Crippen molar-refractivity contribution in [3.8, 4) is 11.3 Å². The monoisotopic (exact) mass is 357 g/mol. The Kier molecular flexibility index (Phi) is 3.89. The van der Waals surface area contributed by atoms with E-state index in [1.807, 2.05) is 22.8 Å². The van der Waals surface area contributed by atoms with E-state index in [0.717, 1.165) is 39.0 Å². The normalized spacial score (nSPS) is 10.8. The first-order valence-electron chi connectivity index (χ1n) is 5.39. The van der Waals surface area contributed by atoms with Gasteiger partial charge in [-0.15, -0.1) is 0 Å². The highest BCUT2D eigenvalue weighted by Crippen LogP contribution is 2.31. The lowest BCUT2D eigenvalue weighted by Crippen LogP contribution is -2.01. The number of aromatic nitrogens is 2. The number of rotatable bonds is 3. The number of aryl methyl sites for hydroxylation is 1. The molecule has 0 amide bonds. The van der Waals surface area contributed by atoms with E-state index in [4.69, 9.17) is 5.73 Å². The van der Waals surface area contributed by atoms with Gasteiger partial charge in [0.25, 0.3) is 0 Å². The molecule has 0 spiro atoms. The minimum absolute atomic E-state index is 0.723. The largest absolute Gasteiger partial charge is 0.383 e. The molecule has 5 heteroatoms. The predicted octanol–water partition coefficient (Wildman–Crippen LogP) is 4.07. The summed E-state index contributed by atoms with van der Waals surface area (Å²) in [5.74, 6) is 0.723. The third-order valence-electron chi connectivity index (χ3n) is 2.54. The number of nitrogen functional groups attached to an aromatic ring is 1. The average Bonchev–Trinajstić information content (AvgIpc) is 2.66. The topological polar surface area (TPSA) is 43.8 Å². The molecule has 0 aliphatic rings. The Balaban J connectivity index is 2.42. The van der Waals surface area contributed by atoms with Gasteiger partial charge in [-0.05, 0) is 50.4 Å². The summed E-state index contributed by atoms with van der Waals surface area (Å²) in [4.78, 5) is 4.38. The van der Waals surface area contributed by atoms with Gasteiger partial charge >= 0.3 is 0 Å². The minimum atomic E-state index is 0.723. The van der Waals surface area contributed by atoms with Crippen LogP contribution in [0.3, 0.4) is 0 Å². The molecular weight excluding hydrogens is 346 g/mol. The Bertz CT molecular complexity index is 535. The summed E-state index contributed by atoms with van der Waals surface area (Å²) in [6.45, 7) is 3.02. The molecular formula is C12H13Br2N3. The van der Waals surface area contributed by atoms with Crippen LogP contribution in [0.1, 0.15) is 13.3 Å². The van der Waals surface area contributed by atoms with Crippen LogP contribution in [-0.4, -0.2) is 9.55 Å². The van der Waals surface area contributed by atoms with Crippen molar-refractivity contribution in [3.63, 3.8) is 0 Å². The lowest BCUT2D eigenvalue weighted by Gasteiger charge is -2.04. The second-order valence-electron chi connectivity index (χ2n) is 3.80. The van der Waals surface area contributed by atoms with E-state index in [-0.39, 0.29) is 0 Å². The summed E-state index contributed by atoms with van der Waals surface area (Å²) in [7, 11) is 0. The molecule has 1 aromatic heterocycles. The molecule has 0 unspecified atom stereocenters. The molecule has 0 saturated heterocycles. The summed E-state index contributed by atoms with van der Waals surface area (Å²) >= 11 is 6.93. The first kappa shape index (κ1) is 12.6. The fourth-order valence-electron chi connectivity index (χ4n) is 1.68. The van der Waals surface area contributed by atoms with E-state index in [2.05, 4.69) is 43.8 Å². The van der Waals surface area contributed by atoms with Gasteiger partial charge in [-0.25, -0.2) is 4.98 Å². The number of nitrogens with two attached hydrogens (primary N) is 1. The van der Waals surface area contributed by atoms with Crippen molar-refractivity contribution in [2.75, 3.05) is 5.73 Å². The van der Waals surface area contributed by atoms with Crippen molar-refractivity contribution in [2.24, 2.45) is 0 Å². The maximum atomic E-state index is 6.08. The first-order valence-corrected chi connectivity index (χ1v) is 6.98. The van der Waals surface area contributed by atoms with Crippen LogP contribution in [0.15, 0.2) is 33.5 Å². The molecule has 2 N–H and O–H groups in total. The first-order chi connectivity index (χ1) is 8.13. The zero-order chi connectivity index (χ0) is 12.4. The number of nitrogens with zero attached hydrogens (tertiary/aromatic N) is 2. The second-order valence-corrected chi connectivity index (χ2v) is 5.51. The summed E-state index contributed by atoms with van der Waals surface area (Å²) in [5.41, 5.74) is 7.94. The van der Waals surface area contributed by atoms with Gasteiger partial charge in [-0.3, -0.25) is 0 Å². The fourth-order valence-corrected chi connectivity index (χ4v) is 2.30. The van der Waals surface area contributed by atoms with Crippen molar-refractivity contribution in [3.05, 3.63) is 33.5 Å². The van der Waals surface area contributed by atoms with Gasteiger partial charge in [0.15, 0.2) is 0 Å². The molecule has 0 saturated carbocycles. The molecule has 0 radical (unpaired) electrons. The van der Waals surface area contributed by atoms with Gasteiger partial charge in [-0.2, -0.15) is 0 Å². The van der Waals surface area contributed by atoms with E-state index >= 15 is 0 Å². The molecule has 1 aromatic carbocycles. The Morgan fingerprint density at radius 2 is 2.06 bits per heavy atom. The third kappa shape index (κ3) is 2.55. The van der Waals surface area contributed by atoms with Crippen molar-refractivity contribution in [1.29, 1.82) is 0 Å². The Morgan fingerprint density at radius 1 is 1.29 bits per heavy atom. The lowest BCUT2D eigenvalue weighted by atomic mass is 10.1.